The molecule has 2 amide bonds. The zero-order valence-corrected chi connectivity index (χ0v) is 17.4. The lowest BCUT2D eigenvalue weighted by Gasteiger charge is -2.38. The van der Waals surface area contributed by atoms with E-state index in [1.807, 2.05) is 24.3 Å². The third-order valence-corrected chi connectivity index (χ3v) is 6.52. The number of nitrogens with one attached hydrogen (secondary N) is 1. The largest absolute Gasteiger partial charge is 0.481 e. The lowest BCUT2D eigenvalue weighted by atomic mass is 9.98. The van der Waals surface area contributed by atoms with Crippen LogP contribution in [-0.2, 0) is 19.1 Å². The molecule has 8 nitrogen and oxygen atoms in total. The Hall–Kier alpha value is -3.39. The number of carbonyl (C=O) groups is 3. The summed E-state index contributed by atoms with van der Waals surface area (Å²) in [5.41, 5.74) is 4.57. The summed E-state index contributed by atoms with van der Waals surface area (Å²) >= 11 is 0. The summed E-state index contributed by atoms with van der Waals surface area (Å²) in [5.74, 6) is -1.77. The van der Waals surface area contributed by atoms with Crippen molar-refractivity contribution in [3.05, 3.63) is 59.7 Å². The van der Waals surface area contributed by atoms with Crippen LogP contribution in [0.4, 0.5) is 4.79 Å². The van der Waals surface area contributed by atoms with E-state index in [2.05, 4.69) is 29.6 Å². The summed E-state index contributed by atoms with van der Waals surface area (Å²) in [4.78, 5) is 37.6. The van der Waals surface area contributed by atoms with Crippen LogP contribution in [0.15, 0.2) is 48.5 Å². The second kappa shape index (κ2) is 8.27. The van der Waals surface area contributed by atoms with Crippen molar-refractivity contribution in [2.24, 2.45) is 5.92 Å². The molecule has 2 saturated heterocycles. The maximum Gasteiger partial charge on any atom is 0.407 e. The first-order chi connectivity index (χ1) is 15.5. The molecule has 32 heavy (non-hydrogen) atoms. The summed E-state index contributed by atoms with van der Waals surface area (Å²) in [6.45, 7) is 0.886. The molecule has 2 aromatic rings. The highest BCUT2D eigenvalue weighted by Gasteiger charge is 2.43. The molecule has 166 valence electrons. The van der Waals surface area contributed by atoms with Gasteiger partial charge in [0.1, 0.15) is 6.61 Å². The first-order valence-electron chi connectivity index (χ1n) is 10.8. The maximum absolute atomic E-state index is 12.6. The molecule has 2 aliphatic heterocycles. The van der Waals surface area contributed by atoms with Gasteiger partial charge in [0, 0.05) is 25.6 Å². The van der Waals surface area contributed by atoms with E-state index < -0.39 is 30.1 Å². The molecule has 2 atom stereocenters. The van der Waals surface area contributed by atoms with Gasteiger partial charge in [-0.1, -0.05) is 48.5 Å². The third kappa shape index (κ3) is 3.60. The predicted octanol–water partition coefficient (Wildman–Crippen LogP) is 2.23. The SMILES string of the molecule is O=C(N[C@H]1CCO[C@H]1C(=O)N1CC(C(=O)O)C1)OCC1c2ccccc2-c2ccccc21. The number of nitrogens with zero attached hydrogens (tertiary/aromatic N) is 1. The minimum absolute atomic E-state index is 0.0422. The van der Waals surface area contributed by atoms with Gasteiger partial charge in [0.2, 0.25) is 0 Å². The molecule has 0 unspecified atom stereocenters. The minimum Gasteiger partial charge on any atom is -0.481 e. The average Bonchev–Trinajstić information content (AvgIpc) is 3.33. The fourth-order valence-electron chi connectivity index (χ4n) is 4.77. The van der Waals surface area contributed by atoms with Gasteiger partial charge in [-0.15, -0.1) is 0 Å². The highest BCUT2D eigenvalue weighted by atomic mass is 16.6. The Morgan fingerprint density at radius 3 is 2.28 bits per heavy atom. The van der Waals surface area contributed by atoms with Gasteiger partial charge >= 0.3 is 12.1 Å². The molecular weight excluding hydrogens is 412 g/mol. The number of fused-ring (bicyclic) bond motifs is 3. The number of carboxylic acids is 1. The third-order valence-electron chi connectivity index (χ3n) is 6.52. The second-order valence-electron chi connectivity index (χ2n) is 8.43. The lowest BCUT2D eigenvalue weighted by Crippen LogP contribution is -2.58. The van der Waals surface area contributed by atoms with Crippen LogP contribution in [0.5, 0.6) is 0 Å². The Balaban J connectivity index is 1.19. The molecule has 2 fully saturated rings. The topological polar surface area (TPSA) is 105 Å². The highest BCUT2D eigenvalue weighted by molar-refractivity contribution is 5.86. The van der Waals surface area contributed by atoms with Crippen molar-refractivity contribution in [1.82, 2.24) is 10.2 Å². The van der Waals surface area contributed by atoms with Gasteiger partial charge in [-0.3, -0.25) is 9.59 Å². The van der Waals surface area contributed by atoms with Gasteiger partial charge in [-0.05, 0) is 28.7 Å². The normalized spacial score (nSPS) is 22.1. The zero-order chi connectivity index (χ0) is 22.2. The Bertz CT molecular complexity index is 1020. The van der Waals surface area contributed by atoms with E-state index in [0.29, 0.717) is 13.0 Å². The molecule has 3 aliphatic rings. The highest BCUT2D eigenvalue weighted by Crippen LogP contribution is 2.44. The number of alkyl carbamates (subject to hydrolysis) is 1. The summed E-state index contributed by atoms with van der Waals surface area (Å²) < 4.78 is 11.1. The Morgan fingerprint density at radius 2 is 1.66 bits per heavy atom. The van der Waals surface area contributed by atoms with Gasteiger partial charge in [-0.25, -0.2) is 4.79 Å². The molecule has 5 rings (SSSR count). The van der Waals surface area contributed by atoms with Crippen molar-refractivity contribution in [2.75, 3.05) is 26.3 Å². The molecule has 8 heteroatoms. The van der Waals surface area contributed by atoms with E-state index in [0.717, 1.165) is 22.3 Å². The van der Waals surface area contributed by atoms with Crippen LogP contribution in [0.2, 0.25) is 0 Å². The van der Waals surface area contributed by atoms with E-state index >= 15 is 0 Å². The lowest BCUT2D eigenvalue weighted by molar-refractivity contribution is -0.157. The number of carbonyl (C=O) groups excluding carboxylic acids is 2. The number of ether oxygens (including phenoxy) is 2. The standard InChI is InChI=1S/C24H24N2O6/c27-22(26-11-14(12-26)23(28)29)21-20(9-10-31-21)25-24(30)32-13-19-17-7-3-1-5-15(17)16-6-2-4-8-18(16)19/h1-8,14,19-21H,9-13H2,(H,25,30)(H,28,29)/t20-,21+/m0/s1. The molecule has 1 aliphatic carbocycles. The van der Waals surface area contributed by atoms with E-state index in [1.54, 1.807) is 0 Å². The summed E-state index contributed by atoms with van der Waals surface area (Å²) in [5, 5.41) is 11.8. The van der Waals surface area contributed by atoms with Gasteiger partial charge in [0.15, 0.2) is 6.10 Å². The van der Waals surface area contributed by atoms with Crippen LogP contribution in [0.3, 0.4) is 0 Å². The van der Waals surface area contributed by atoms with E-state index in [-0.39, 0.29) is 31.5 Å². The number of hydrogen-bond donors (Lipinski definition) is 2. The fraction of sp³-hybridized carbons (Fsp3) is 0.375. The first kappa shape index (κ1) is 20.5. The maximum atomic E-state index is 12.6. The Morgan fingerprint density at radius 1 is 1.03 bits per heavy atom. The number of hydrogen-bond acceptors (Lipinski definition) is 5. The zero-order valence-electron chi connectivity index (χ0n) is 17.4. The number of carboxylic acid groups (broad SMARTS) is 1. The Kier molecular flexibility index (Phi) is 5.30. The molecule has 2 N–H and O–H groups in total. The number of aliphatic carboxylic acids is 1. The molecule has 0 radical (unpaired) electrons. The van der Waals surface area contributed by atoms with Crippen LogP contribution in [0.1, 0.15) is 23.5 Å². The van der Waals surface area contributed by atoms with E-state index in [9.17, 15) is 14.4 Å². The van der Waals surface area contributed by atoms with Gasteiger partial charge in [-0.2, -0.15) is 0 Å². The number of likely N-dealkylation sites (tertiary alicyclic amines) is 1. The quantitative estimate of drug-likeness (QED) is 0.745. The van der Waals surface area contributed by atoms with Crippen molar-refractivity contribution in [2.45, 2.75) is 24.5 Å². The molecule has 0 aromatic heterocycles. The van der Waals surface area contributed by atoms with Gasteiger partial charge < -0.3 is 24.8 Å². The van der Waals surface area contributed by atoms with Gasteiger partial charge in [0.25, 0.3) is 5.91 Å². The number of rotatable bonds is 5. The molecule has 2 heterocycles. The van der Waals surface area contributed by atoms with Crippen LogP contribution in [-0.4, -0.2) is 66.4 Å². The average molecular weight is 436 g/mol. The van der Waals surface area contributed by atoms with Crippen molar-refractivity contribution in [1.29, 1.82) is 0 Å². The van der Waals surface area contributed by atoms with Crippen molar-refractivity contribution in [3.63, 3.8) is 0 Å². The molecule has 0 spiro atoms. The smallest absolute Gasteiger partial charge is 0.407 e. The molecular formula is C24H24N2O6. The monoisotopic (exact) mass is 436 g/mol. The van der Waals surface area contributed by atoms with Crippen LogP contribution in [0, 0.1) is 5.92 Å². The van der Waals surface area contributed by atoms with Crippen LogP contribution >= 0.6 is 0 Å². The fourth-order valence-corrected chi connectivity index (χ4v) is 4.77. The van der Waals surface area contributed by atoms with Gasteiger partial charge in [0.05, 0.1) is 12.0 Å². The number of benzene rings is 2. The molecule has 2 aromatic carbocycles. The van der Waals surface area contributed by atoms with Crippen molar-refractivity contribution < 1.29 is 29.0 Å². The predicted molar refractivity (Wildman–Crippen MR) is 114 cm³/mol. The van der Waals surface area contributed by atoms with E-state index in [4.69, 9.17) is 14.6 Å². The summed E-state index contributed by atoms with van der Waals surface area (Å²) in [6, 6.07) is 15.7. The summed E-state index contributed by atoms with van der Waals surface area (Å²) in [6.07, 6.45) is -0.908. The van der Waals surface area contributed by atoms with E-state index in [1.165, 1.54) is 4.90 Å². The second-order valence-corrected chi connectivity index (χ2v) is 8.43. The Labute approximate surface area is 185 Å². The minimum atomic E-state index is -0.908. The van der Waals surface area contributed by atoms with Crippen molar-refractivity contribution >= 4 is 18.0 Å². The van der Waals surface area contributed by atoms with Crippen LogP contribution in [0.25, 0.3) is 11.1 Å². The molecule has 0 bridgehead atoms. The summed E-state index contributed by atoms with van der Waals surface area (Å²) in [7, 11) is 0. The molecule has 0 saturated carbocycles. The van der Waals surface area contributed by atoms with Crippen molar-refractivity contribution in [3.8, 4) is 11.1 Å². The van der Waals surface area contributed by atoms with Crippen LogP contribution < -0.4 is 5.32 Å². The number of amides is 2. The first-order valence-corrected chi connectivity index (χ1v) is 10.8.